The van der Waals surface area contributed by atoms with Crippen LogP contribution < -0.4 is 0 Å². The first-order chi connectivity index (χ1) is 13.1. The molecule has 0 aliphatic heterocycles. The maximum absolute atomic E-state index is 13.3. The molecule has 0 radical (unpaired) electrons. The van der Waals surface area contributed by atoms with Gasteiger partial charge in [0.2, 0.25) is 0 Å². The second-order valence-electron chi connectivity index (χ2n) is 8.84. The first-order valence-corrected chi connectivity index (χ1v) is 10.8. The molecule has 3 rings (SSSR count). The average molecular weight is 379 g/mol. The van der Waals surface area contributed by atoms with Crippen molar-refractivity contribution in [3.8, 4) is 0 Å². The van der Waals surface area contributed by atoms with Crippen LogP contribution in [0.15, 0.2) is 24.8 Å². The molecule has 3 heteroatoms. The van der Waals surface area contributed by atoms with Crippen molar-refractivity contribution < 1.29 is 13.2 Å². The van der Waals surface area contributed by atoms with Gasteiger partial charge in [-0.1, -0.05) is 31.8 Å². The van der Waals surface area contributed by atoms with Crippen LogP contribution in [0, 0.1) is 41.1 Å². The highest BCUT2D eigenvalue weighted by atomic mass is 19.2. The minimum Gasteiger partial charge on any atom is -0.204 e. The van der Waals surface area contributed by atoms with E-state index in [1.807, 2.05) is 6.08 Å². The molecule has 27 heavy (non-hydrogen) atoms. The van der Waals surface area contributed by atoms with Crippen molar-refractivity contribution in [2.75, 3.05) is 0 Å². The standard InChI is InChI=1S/C24H33F3/c1-2-3-4-17-7-11-20(12-8-17)21-13-9-18(10-14-21)5-6-19-15-22(25)24(27)23(26)16-19/h2,15-18,20-21H,1,3-14H2. The maximum atomic E-state index is 13.3. The van der Waals surface area contributed by atoms with Crippen molar-refractivity contribution in [3.63, 3.8) is 0 Å². The third-order valence-electron chi connectivity index (χ3n) is 7.11. The Morgan fingerprint density at radius 1 is 0.778 bits per heavy atom. The molecular formula is C24H33F3. The van der Waals surface area contributed by atoms with Gasteiger partial charge in [0.05, 0.1) is 0 Å². The fraction of sp³-hybridized carbons (Fsp3) is 0.667. The largest absolute Gasteiger partial charge is 0.204 e. The highest BCUT2D eigenvalue weighted by Gasteiger charge is 2.30. The van der Waals surface area contributed by atoms with Gasteiger partial charge in [-0.25, -0.2) is 13.2 Å². The second kappa shape index (κ2) is 9.80. The van der Waals surface area contributed by atoms with Crippen LogP contribution >= 0.6 is 0 Å². The third kappa shape index (κ3) is 5.62. The van der Waals surface area contributed by atoms with Crippen molar-refractivity contribution in [1.82, 2.24) is 0 Å². The van der Waals surface area contributed by atoms with Crippen molar-refractivity contribution in [2.24, 2.45) is 23.7 Å². The summed E-state index contributed by atoms with van der Waals surface area (Å²) in [4.78, 5) is 0. The van der Waals surface area contributed by atoms with Gasteiger partial charge in [0, 0.05) is 0 Å². The minimum absolute atomic E-state index is 0.575. The van der Waals surface area contributed by atoms with E-state index in [1.165, 1.54) is 57.8 Å². The lowest BCUT2D eigenvalue weighted by molar-refractivity contribution is 0.141. The first-order valence-electron chi connectivity index (χ1n) is 10.8. The normalized spacial score (nSPS) is 28.9. The Kier molecular flexibility index (Phi) is 7.43. The van der Waals surface area contributed by atoms with Crippen LogP contribution in [-0.4, -0.2) is 0 Å². The Balaban J connectivity index is 1.39. The Morgan fingerprint density at radius 2 is 1.26 bits per heavy atom. The first kappa shape index (κ1) is 20.5. The minimum atomic E-state index is -1.36. The van der Waals surface area contributed by atoms with Crippen LogP contribution in [0.4, 0.5) is 13.2 Å². The van der Waals surface area contributed by atoms with E-state index in [2.05, 4.69) is 6.58 Å². The van der Waals surface area contributed by atoms with Crippen molar-refractivity contribution in [1.29, 1.82) is 0 Å². The molecule has 1 aromatic carbocycles. The number of halogens is 3. The fourth-order valence-corrected chi connectivity index (χ4v) is 5.37. The molecule has 0 atom stereocenters. The molecule has 2 aliphatic rings. The molecule has 0 amide bonds. The summed E-state index contributed by atoms with van der Waals surface area (Å²) in [5.41, 5.74) is 0.575. The van der Waals surface area contributed by atoms with Crippen LogP contribution in [0.5, 0.6) is 0 Å². The Bertz CT molecular complexity index is 585. The SMILES string of the molecule is C=CCCC1CCC(C2CCC(CCc3cc(F)c(F)c(F)c3)CC2)CC1. The smallest absolute Gasteiger partial charge is 0.194 e. The molecule has 0 unspecified atom stereocenters. The zero-order valence-corrected chi connectivity index (χ0v) is 16.4. The van der Waals surface area contributed by atoms with Crippen LogP contribution in [0.3, 0.4) is 0 Å². The second-order valence-corrected chi connectivity index (χ2v) is 8.84. The molecular weight excluding hydrogens is 345 g/mol. The number of benzene rings is 1. The maximum Gasteiger partial charge on any atom is 0.194 e. The van der Waals surface area contributed by atoms with Gasteiger partial charge in [-0.05, 0) is 92.7 Å². The summed E-state index contributed by atoms with van der Waals surface area (Å²) in [6, 6.07) is 2.30. The lowest BCUT2D eigenvalue weighted by Crippen LogP contribution is -2.26. The van der Waals surface area contributed by atoms with Crippen LogP contribution in [0.1, 0.15) is 76.2 Å². The Hall–Kier alpha value is -1.25. The summed E-state index contributed by atoms with van der Waals surface area (Å²) in [6.07, 6.45) is 16.7. The van der Waals surface area contributed by atoms with Crippen molar-refractivity contribution in [3.05, 3.63) is 47.8 Å². The third-order valence-corrected chi connectivity index (χ3v) is 7.11. The molecule has 0 nitrogen and oxygen atoms in total. The van der Waals surface area contributed by atoms with E-state index in [4.69, 9.17) is 0 Å². The van der Waals surface area contributed by atoms with Crippen LogP contribution in [0.25, 0.3) is 0 Å². The highest BCUT2D eigenvalue weighted by Crippen LogP contribution is 2.43. The molecule has 1 aromatic rings. The van der Waals surface area contributed by atoms with Gasteiger partial charge >= 0.3 is 0 Å². The van der Waals surface area contributed by atoms with E-state index in [9.17, 15) is 13.2 Å². The van der Waals surface area contributed by atoms with Gasteiger partial charge in [-0.2, -0.15) is 0 Å². The van der Waals surface area contributed by atoms with Gasteiger partial charge in [-0.15, -0.1) is 6.58 Å². The molecule has 0 aromatic heterocycles. The number of rotatable bonds is 7. The fourth-order valence-electron chi connectivity index (χ4n) is 5.37. The van der Waals surface area contributed by atoms with E-state index in [0.29, 0.717) is 17.9 Å². The van der Waals surface area contributed by atoms with Gasteiger partial charge in [0.15, 0.2) is 17.5 Å². The predicted molar refractivity (Wildman–Crippen MR) is 105 cm³/mol. The van der Waals surface area contributed by atoms with Gasteiger partial charge in [0.25, 0.3) is 0 Å². The number of hydrogen-bond donors (Lipinski definition) is 0. The molecule has 2 saturated carbocycles. The quantitative estimate of drug-likeness (QED) is 0.338. The summed E-state index contributed by atoms with van der Waals surface area (Å²) in [5, 5.41) is 0. The molecule has 0 saturated heterocycles. The van der Waals surface area contributed by atoms with Crippen molar-refractivity contribution in [2.45, 2.75) is 77.0 Å². The summed E-state index contributed by atoms with van der Waals surface area (Å²) in [6.45, 7) is 3.83. The average Bonchev–Trinajstić information content (AvgIpc) is 2.69. The summed E-state index contributed by atoms with van der Waals surface area (Å²) < 4.78 is 39.7. The van der Waals surface area contributed by atoms with E-state index in [0.717, 1.165) is 42.7 Å². The van der Waals surface area contributed by atoms with E-state index in [1.54, 1.807) is 0 Å². The zero-order valence-electron chi connectivity index (χ0n) is 16.4. The van der Waals surface area contributed by atoms with E-state index < -0.39 is 17.5 Å². The summed E-state index contributed by atoms with van der Waals surface area (Å²) >= 11 is 0. The Morgan fingerprint density at radius 3 is 1.74 bits per heavy atom. The predicted octanol–water partition coefficient (Wildman–Crippen LogP) is 7.62. The monoisotopic (exact) mass is 378 g/mol. The summed E-state index contributed by atoms with van der Waals surface area (Å²) in [5.74, 6) is -0.171. The molecule has 0 N–H and O–H groups in total. The molecule has 0 bridgehead atoms. The van der Waals surface area contributed by atoms with Crippen LogP contribution in [0.2, 0.25) is 0 Å². The molecule has 0 spiro atoms. The van der Waals surface area contributed by atoms with Gasteiger partial charge in [-0.3, -0.25) is 0 Å². The highest BCUT2D eigenvalue weighted by molar-refractivity contribution is 5.19. The zero-order chi connectivity index (χ0) is 19.2. The summed E-state index contributed by atoms with van der Waals surface area (Å²) in [7, 11) is 0. The van der Waals surface area contributed by atoms with Crippen LogP contribution in [-0.2, 0) is 6.42 Å². The molecule has 2 aliphatic carbocycles. The van der Waals surface area contributed by atoms with Gasteiger partial charge < -0.3 is 0 Å². The molecule has 0 heterocycles. The number of aryl methyl sites for hydroxylation is 1. The lowest BCUT2D eigenvalue weighted by Gasteiger charge is -2.38. The lowest BCUT2D eigenvalue weighted by atomic mass is 9.68. The topological polar surface area (TPSA) is 0 Å². The molecule has 150 valence electrons. The van der Waals surface area contributed by atoms with Crippen molar-refractivity contribution >= 4 is 0 Å². The number of allylic oxidation sites excluding steroid dienone is 1. The van der Waals surface area contributed by atoms with Gasteiger partial charge in [0.1, 0.15) is 0 Å². The number of hydrogen-bond acceptors (Lipinski definition) is 0. The van der Waals surface area contributed by atoms with E-state index >= 15 is 0 Å². The molecule has 2 fully saturated rings. The van der Waals surface area contributed by atoms with E-state index in [-0.39, 0.29) is 0 Å². The Labute approximate surface area is 162 Å².